The lowest BCUT2D eigenvalue weighted by Gasteiger charge is -2.06. The van der Waals surface area contributed by atoms with Gasteiger partial charge in [0.15, 0.2) is 10.9 Å². The Morgan fingerprint density at radius 2 is 1.82 bits per heavy atom. The van der Waals surface area contributed by atoms with Gasteiger partial charge in [-0.3, -0.25) is 4.79 Å². The van der Waals surface area contributed by atoms with E-state index in [0.29, 0.717) is 22.7 Å². The zero-order chi connectivity index (χ0) is 22.8. The van der Waals surface area contributed by atoms with E-state index in [2.05, 4.69) is 20.6 Å². The molecule has 5 rings (SSSR count). The average molecular weight is 457 g/mol. The van der Waals surface area contributed by atoms with E-state index in [1.807, 2.05) is 85.3 Å². The highest BCUT2D eigenvalue weighted by Crippen LogP contribution is 2.28. The van der Waals surface area contributed by atoms with Crippen molar-refractivity contribution in [1.29, 1.82) is 0 Å². The SMILES string of the molecule is Cc1ccc(-c2nn(-c3ccccc3)cc2C(=O)Nc2ccc(Sc3nncn3C)cc2)o1. The van der Waals surface area contributed by atoms with Crippen LogP contribution in [0.15, 0.2) is 93.7 Å². The van der Waals surface area contributed by atoms with Crippen LogP contribution >= 0.6 is 11.8 Å². The second-order valence-corrected chi connectivity index (χ2v) is 8.43. The average Bonchev–Trinajstić information content (AvgIpc) is 3.56. The van der Waals surface area contributed by atoms with Gasteiger partial charge in [0.1, 0.15) is 17.8 Å². The first-order valence-corrected chi connectivity index (χ1v) is 11.0. The van der Waals surface area contributed by atoms with Crippen LogP contribution in [0.25, 0.3) is 17.1 Å². The van der Waals surface area contributed by atoms with Gasteiger partial charge in [-0.1, -0.05) is 18.2 Å². The number of hydrogen-bond acceptors (Lipinski definition) is 6. The fraction of sp³-hybridized carbons (Fsp3) is 0.0833. The van der Waals surface area contributed by atoms with Gasteiger partial charge in [-0.25, -0.2) is 4.68 Å². The Labute approximate surface area is 194 Å². The summed E-state index contributed by atoms with van der Waals surface area (Å²) in [6.07, 6.45) is 3.38. The summed E-state index contributed by atoms with van der Waals surface area (Å²) in [5, 5.41) is 16.3. The topological polar surface area (TPSA) is 90.8 Å². The number of anilines is 1. The second-order valence-electron chi connectivity index (χ2n) is 7.39. The Balaban J connectivity index is 1.40. The smallest absolute Gasteiger partial charge is 0.259 e. The number of carbonyl (C=O) groups excluding carboxylic acids is 1. The van der Waals surface area contributed by atoms with Gasteiger partial charge in [0.2, 0.25) is 0 Å². The summed E-state index contributed by atoms with van der Waals surface area (Å²) in [4.78, 5) is 14.2. The molecule has 3 aromatic heterocycles. The first-order valence-electron chi connectivity index (χ1n) is 10.2. The number of amides is 1. The Morgan fingerprint density at radius 1 is 1.03 bits per heavy atom. The number of carbonyl (C=O) groups is 1. The predicted octanol–water partition coefficient (Wildman–Crippen LogP) is 4.97. The molecule has 0 saturated carbocycles. The monoisotopic (exact) mass is 456 g/mol. The van der Waals surface area contributed by atoms with Crippen LogP contribution in [0.2, 0.25) is 0 Å². The van der Waals surface area contributed by atoms with Crippen LogP contribution in [0, 0.1) is 6.92 Å². The number of hydrogen-bond donors (Lipinski definition) is 1. The summed E-state index contributed by atoms with van der Waals surface area (Å²) < 4.78 is 9.30. The van der Waals surface area contributed by atoms with Crippen LogP contribution < -0.4 is 5.32 Å². The molecule has 0 aliphatic heterocycles. The summed E-state index contributed by atoms with van der Waals surface area (Å²) in [5.74, 6) is 1.03. The summed E-state index contributed by atoms with van der Waals surface area (Å²) >= 11 is 1.50. The molecular formula is C24H20N6O2S. The number of para-hydroxylation sites is 1. The maximum absolute atomic E-state index is 13.2. The van der Waals surface area contributed by atoms with Gasteiger partial charge in [0.05, 0.1) is 11.3 Å². The highest BCUT2D eigenvalue weighted by Gasteiger charge is 2.21. The Kier molecular flexibility index (Phi) is 5.54. The van der Waals surface area contributed by atoms with Crippen molar-refractivity contribution in [3.8, 4) is 17.1 Å². The van der Waals surface area contributed by atoms with Crippen LogP contribution in [-0.2, 0) is 7.05 Å². The molecule has 0 aliphatic rings. The maximum atomic E-state index is 13.2. The van der Waals surface area contributed by atoms with Gasteiger partial charge in [-0.15, -0.1) is 10.2 Å². The van der Waals surface area contributed by atoms with Crippen LogP contribution in [0.4, 0.5) is 5.69 Å². The van der Waals surface area contributed by atoms with Gasteiger partial charge in [0.25, 0.3) is 5.91 Å². The third-order valence-electron chi connectivity index (χ3n) is 4.94. The van der Waals surface area contributed by atoms with Crippen LogP contribution in [0.3, 0.4) is 0 Å². The number of nitrogens with one attached hydrogen (secondary N) is 1. The fourth-order valence-electron chi connectivity index (χ4n) is 3.27. The van der Waals surface area contributed by atoms with Crippen molar-refractivity contribution >= 4 is 23.4 Å². The number of benzene rings is 2. The summed E-state index contributed by atoms with van der Waals surface area (Å²) in [6, 6.07) is 20.9. The van der Waals surface area contributed by atoms with Crippen LogP contribution in [0.5, 0.6) is 0 Å². The van der Waals surface area contributed by atoms with E-state index < -0.39 is 0 Å². The fourth-order valence-corrected chi connectivity index (χ4v) is 4.03. The molecule has 0 aliphatic carbocycles. The van der Waals surface area contributed by atoms with E-state index in [4.69, 9.17) is 4.42 Å². The first-order chi connectivity index (χ1) is 16.1. The summed E-state index contributed by atoms with van der Waals surface area (Å²) in [6.45, 7) is 1.86. The number of aryl methyl sites for hydroxylation is 2. The van der Waals surface area contributed by atoms with Crippen molar-refractivity contribution < 1.29 is 9.21 Å². The van der Waals surface area contributed by atoms with Crippen molar-refractivity contribution in [1.82, 2.24) is 24.5 Å². The van der Waals surface area contributed by atoms with E-state index >= 15 is 0 Å². The van der Waals surface area contributed by atoms with Crippen molar-refractivity contribution in [2.24, 2.45) is 7.05 Å². The summed E-state index contributed by atoms with van der Waals surface area (Å²) in [5.41, 5.74) is 2.44. The first kappa shape index (κ1) is 20.8. The largest absolute Gasteiger partial charge is 0.460 e. The molecule has 0 saturated heterocycles. The van der Waals surface area contributed by atoms with E-state index in [1.54, 1.807) is 17.2 Å². The standard InChI is InChI=1S/C24H20N6O2S/c1-16-8-13-21(32-16)22-20(14-30(28-22)18-6-4-3-5-7-18)23(31)26-17-9-11-19(12-10-17)33-24-27-25-15-29(24)2/h3-15H,1-2H3,(H,26,31). The number of rotatable bonds is 6. The van der Waals surface area contributed by atoms with E-state index in [-0.39, 0.29) is 5.91 Å². The molecule has 8 nitrogen and oxygen atoms in total. The van der Waals surface area contributed by atoms with Crippen LogP contribution in [-0.4, -0.2) is 30.5 Å². The molecule has 1 amide bonds. The highest BCUT2D eigenvalue weighted by molar-refractivity contribution is 7.99. The number of nitrogens with zero attached hydrogens (tertiary/aromatic N) is 5. The van der Waals surface area contributed by atoms with Gasteiger partial charge < -0.3 is 14.3 Å². The summed E-state index contributed by atoms with van der Waals surface area (Å²) in [7, 11) is 1.89. The van der Waals surface area contributed by atoms with Crippen molar-refractivity contribution in [3.63, 3.8) is 0 Å². The quantitative estimate of drug-likeness (QED) is 0.388. The molecule has 0 radical (unpaired) electrons. The molecule has 164 valence electrons. The van der Waals surface area contributed by atoms with Gasteiger partial charge >= 0.3 is 0 Å². The van der Waals surface area contributed by atoms with Crippen LogP contribution in [0.1, 0.15) is 16.1 Å². The molecule has 2 aromatic carbocycles. The molecule has 0 unspecified atom stereocenters. The van der Waals surface area contributed by atoms with E-state index in [0.717, 1.165) is 21.5 Å². The Hall–Kier alpha value is -4.11. The third kappa shape index (κ3) is 4.44. The molecule has 0 atom stereocenters. The molecular weight excluding hydrogens is 436 g/mol. The van der Waals surface area contributed by atoms with E-state index in [9.17, 15) is 4.79 Å². The molecule has 1 N–H and O–H groups in total. The molecule has 5 aromatic rings. The molecule has 3 heterocycles. The van der Waals surface area contributed by atoms with Crippen molar-refractivity contribution in [3.05, 3.63) is 90.6 Å². The normalized spacial score (nSPS) is 11.0. The van der Waals surface area contributed by atoms with Crippen molar-refractivity contribution in [2.45, 2.75) is 17.0 Å². The van der Waals surface area contributed by atoms with Crippen molar-refractivity contribution in [2.75, 3.05) is 5.32 Å². The lowest BCUT2D eigenvalue weighted by molar-refractivity contribution is 0.102. The lowest BCUT2D eigenvalue weighted by Crippen LogP contribution is -2.12. The lowest BCUT2D eigenvalue weighted by atomic mass is 10.2. The third-order valence-corrected chi connectivity index (χ3v) is 6.00. The molecule has 0 fully saturated rings. The number of aromatic nitrogens is 5. The molecule has 33 heavy (non-hydrogen) atoms. The Bertz CT molecular complexity index is 1400. The maximum Gasteiger partial charge on any atom is 0.259 e. The van der Waals surface area contributed by atoms with Gasteiger partial charge in [0, 0.05) is 23.8 Å². The van der Waals surface area contributed by atoms with Gasteiger partial charge in [-0.2, -0.15) is 5.10 Å². The minimum Gasteiger partial charge on any atom is -0.460 e. The zero-order valence-corrected chi connectivity index (χ0v) is 18.8. The molecule has 0 bridgehead atoms. The highest BCUT2D eigenvalue weighted by atomic mass is 32.2. The Morgan fingerprint density at radius 3 is 2.48 bits per heavy atom. The zero-order valence-electron chi connectivity index (χ0n) is 18.0. The minimum absolute atomic E-state index is 0.269. The van der Waals surface area contributed by atoms with E-state index in [1.165, 1.54) is 11.8 Å². The predicted molar refractivity (Wildman–Crippen MR) is 126 cm³/mol. The molecule has 9 heteroatoms. The minimum atomic E-state index is -0.269. The second kappa shape index (κ2) is 8.79. The molecule has 0 spiro atoms. The van der Waals surface area contributed by atoms with Gasteiger partial charge in [-0.05, 0) is 67.2 Å². The number of furan rings is 1.